The lowest BCUT2D eigenvalue weighted by atomic mass is 10.1. The van der Waals surface area contributed by atoms with E-state index in [4.69, 9.17) is 16.7 Å². The van der Waals surface area contributed by atoms with Gasteiger partial charge in [0.1, 0.15) is 6.04 Å². The van der Waals surface area contributed by atoms with Gasteiger partial charge in [0.25, 0.3) is 0 Å². The molecule has 4 nitrogen and oxygen atoms in total. The van der Waals surface area contributed by atoms with Gasteiger partial charge in [-0.1, -0.05) is 31.0 Å². The van der Waals surface area contributed by atoms with E-state index in [1.807, 2.05) is 31.2 Å². The van der Waals surface area contributed by atoms with Crippen molar-refractivity contribution in [3.05, 3.63) is 41.0 Å². The van der Waals surface area contributed by atoms with Gasteiger partial charge in [-0.15, -0.1) is 0 Å². The average Bonchev–Trinajstić information content (AvgIpc) is 2.42. The highest BCUT2D eigenvalue weighted by atomic mass is 35.5. The minimum Gasteiger partial charge on any atom is -0.480 e. The van der Waals surface area contributed by atoms with Crippen molar-refractivity contribution in [3.8, 4) is 0 Å². The van der Waals surface area contributed by atoms with Gasteiger partial charge in [-0.3, -0.25) is 9.78 Å². The highest BCUT2D eigenvalue weighted by molar-refractivity contribution is 6.31. The number of benzene rings is 1. The van der Waals surface area contributed by atoms with Crippen molar-refractivity contribution in [2.45, 2.75) is 32.4 Å². The Morgan fingerprint density at radius 2 is 2.30 bits per heavy atom. The van der Waals surface area contributed by atoms with Gasteiger partial charge < -0.3 is 10.4 Å². The summed E-state index contributed by atoms with van der Waals surface area (Å²) in [6, 6.07) is 6.94. The quantitative estimate of drug-likeness (QED) is 0.858. The van der Waals surface area contributed by atoms with E-state index < -0.39 is 12.0 Å². The zero-order valence-electron chi connectivity index (χ0n) is 11.3. The molecule has 20 heavy (non-hydrogen) atoms. The number of hydrogen-bond donors (Lipinski definition) is 2. The molecule has 0 spiro atoms. The van der Waals surface area contributed by atoms with Crippen molar-refractivity contribution in [2.75, 3.05) is 0 Å². The van der Waals surface area contributed by atoms with Gasteiger partial charge in [0, 0.05) is 23.2 Å². The number of carbonyl (C=O) groups is 1. The highest BCUT2D eigenvalue weighted by Gasteiger charge is 2.16. The third kappa shape index (κ3) is 3.46. The van der Waals surface area contributed by atoms with Crippen LogP contribution < -0.4 is 5.32 Å². The first kappa shape index (κ1) is 14.8. The highest BCUT2D eigenvalue weighted by Crippen LogP contribution is 2.22. The summed E-state index contributed by atoms with van der Waals surface area (Å²) in [4.78, 5) is 15.5. The summed E-state index contributed by atoms with van der Waals surface area (Å²) >= 11 is 6.09. The number of carboxylic acids is 1. The maximum absolute atomic E-state index is 11.1. The smallest absolute Gasteiger partial charge is 0.320 e. The maximum Gasteiger partial charge on any atom is 0.320 e. The van der Waals surface area contributed by atoms with Gasteiger partial charge in [0.15, 0.2) is 0 Å². The monoisotopic (exact) mass is 292 g/mol. The van der Waals surface area contributed by atoms with Crippen molar-refractivity contribution in [1.29, 1.82) is 0 Å². The van der Waals surface area contributed by atoms with Crippen LogP contribution in [0.1, 0.15) is 25.3 Å². The molecule has 0 aliphatic carbocycles. The van der Waals surface area contributed by atoms with Gasteiger partial charge in [0.05, 0.1) is 5.52 Å². The Morgan fingerprint density at radius 1 is 1.50 bits per heavy atom. The Balaban J connectivity index is 2.22. The van der Waals surface area contributed by atoms with Gasteiger partial charge in [-0.2, -0.15) is 0 Å². The molecule has 106 valence electrons. The number of halogens is 1. The Hall–Kier alpha value is -1.65. The summed E-state index contributed by atoms with van der Waals surface area (Å²) in [6.07, 6.45) is 3.14. The molecule has 0 aliphatic rings. The van der Waals surface area contributed by atoms with Crippen LogP contribution in [0.5, 0.6) is 0 Å². The van der Waals surface area contributed by atoms with Crippen LogP contribution in [0.3, 0.4) is 0 Å². The van der Waals surface area contributed by atoms with Crippen LogP contribution in [-0.2, 0) is 11.3 Å². The minimum atomic E-state index is -0.828. The first-order chi connectivity index (χ1) is 9.61. The molecule has 1 unspecified atom stereocenters. The third-order valence-corrected chi connectivity index (χ3v) is 3.38. The molecule has 5 heteroatoms. The maximum atomic E-state index is 11.1. The van der Waals surface area contributed by atoms with E-state index in [1.165, 1.54) is 0 Å². The Kier molecular flexibility index (Phi) is 4.93. The summed E-state index contributed by atoms with van der Waals surface area (Å²) in [5.41, 5.74) is 1.76. The van der Waals surface area contributed by atoms with E-state index in [9.17, 15) is 4.79 Å². The standard InChI is InChI=1S/C15H17ClN2O2/c1-2-4-13(15(19)20)18-9-11-8-12(16)7-10-5-3-6-17-14(10)11/h3,5-8,13,18H,2,4,9H2,1H3,(H,19,20). The van der Waals surface area contributed by atoms with Crippen LogP contribution in [0, 0.1) is 0 Å². The molecular weight excluding hydrogens is 276 g/mol. The fourth-order valence-electron chi connectivity index (χ4n) is 2.20. The first-order valence-corrected chi connectivity index (χ1v) is 6.99. The summed E-state index contributed by atoms with van der Waals surface area (Å²) in [5, 5.41) is 13.8. The second-order valence-electron chi connectivity index (χ2n) is 4.70. The lowest BCUT2D eigenvalue weighted by Crippen LogP contribution is -2.36. The van der Waals surface area contributed by atoms with Crippen molar-refractivity contribution in [3.63, 3.8) is 0 Å². The van der Waals surface area contributed by atoms with Crippen LogP contribution >= 0.6 is 11.6 Å². The van der Waals surface area contributed by atoms with E-state index in [2.05, 4.69) is 10.3 Å². The van der Waals surface area contributed by atoms with E-state index in [0.717, 1.165) is 22.9 Å². The molecule has 0 amide bonds. The third-order valence-electron chi connectivity index (χ3n) is 3.16. The lowest BCUT2D eigenvalue weighted by molar-refractivity contribution is -0.139. The van der Waals surface area contributed by atoms with E-state index in [-0.39, 0.29) is 0 Å². The summed E-state index contributed by atoms with van der Waals surface area (Å²) in [6.45, 7) is 2.40. The van der Waals surface area contributed by atoms with E-state index in [0.29, 0.717) is 18.0 Å². The molecule has 0 aliphatic heterocycles. The molecule has 2 aromatic rings. The van der Waals surface area contributed by atoms with Crippen LogP contribution in [0.2, 0.25) is 5.02 Å². The Bertz CT molecular complexity index is 616. The van der Waals surface area contributed by atoms with Crippen molar-refractivity contribution >= 4 is 28.5 Å². The summed E-state index contributed by atoms with van der Waals surface area (Å²) in [7, 11) is 0. The average molecular weight is 293 g/mol. The van der Waals surface area contributed by atoms with Crippen LogP contribution in [-0.4, -0.2) is 22.1 Å². The Morgan fingerprint density at radius 3 is 3.00 bits per heavy atom. The number of aliphatic carboxylic acids is 1. The minimum absolute atomic E-state index is 0.436. The number of pyridine rings is 1. The molecule has 0 saturated carbocycles. The molecule has 1 heterocycles. The number of hydrogen-bond acceptors (Lipinski definition) is 3. The zero-order chi connectivity index (χ0) is 14.5. The summed E-state index contributed by atoms with van der Waals surface area (Å²) < 4.78 is 0. The van der Waals surface area contributed by atoms with Crippen molar-refractivity contribution < 1.29 is 9.90 Å². The molecular formula is C15H17ClN2O2. The Labute approximate surface area is 122 Å². The number of nitrogens with one attached hydrogen (secondary N) is 1. The number of rotatable bonds is 6. The molecule has 0 bridgehead atoms. The summed E-state index contributed by atoms with van der Waals surface area (Å²) in [5.74, 6) is -0.828. The number of fused-ring (bicyclic) bond motifs is 1. The number of nitrogens with zero attached hydrogens (tertiary/aromatic N) is 1. The predicted octanol–water partition coefficient (Wildman–Crippen LogP) is 3.23. The molecule has 2 rings (SSSR count). The molecule has 0 radical (unpaired) electrons. The molecule has 0 fully saturated rings. The van der Waals surface area contributed by atoms with Crippen molar-refractivity contribution in [2.24, 2.45) is 0 Å². The molecule has 1 aromatic carbocycles. The number of aromatic nitrogens is 1. The normalized spacial score (nSPS) is 12.5. The van der Waals surface area contributed by atoms with Gasteiger partial charge in [-0.25, -0.2) is 0 Å². The van der Waals surface area contributed by atoms with Crippen LogP contribution in [0.15, 0.2) is 30.5 Å². The van der Waals surface area contributed by atoms with Gasteiger partial charge >= 0.3 is 5.97 Å². The van der Waals surface area contributed by atoms with Crippen LogP contribution in [0.4, 0.5) is 0 Å². The van der Waals surface area contributed by atoms with Crippen LogP contribution in [0.25, 0.3) is 10.9 Å². The van der Waals surface area contributed by atoms with Crippen molar-refractivity contribution in [1.82, 2.24) is 10.3 Å². The fourth-order valence-corrected chi connectivity index (χ4v) is 2.45. The lowest BCUT2D eigenvalue weighted by Gasteiger charge is -2.14. The van der Waals surface area contributed by atoms with Gasteiger partial charge in [0.2, 0.25) is 0 Å². The molecule has 2 N–H and O–H groups in total. The molecule has 1 aromatic heterocycles. The number of carboxylic acid groups (broad SMARTS) is 1. The second-order valence-corrected chi connectivity index (χ2v) is 5.14. The fraction of sp³-hybridized carbons (Fsp3) is 0.333. The molecule has 0 saturated heterocycles. The second kappa shape index (κ2) is 6.68. The van der Waals surface area contributed by atoms with E-state index >= 15 is 0 Å². The van der Waals surface area contributed by atoms with E-state index in [1.54, 1.807) is 6.20 Å². The largest absolute Gasteiger partial charge is 0.480 e. The zero-order valence-corrected chi connectivity index (χ0v) is 12.0. The first-order valence-electron chi connectivity index (χ1n) is 6.61. The predicted molar refractivity (Wildman–Crippen MR) is 79.9 cm³/mol. The topological polar surface area (TPSA) is 62.2 Å². The van der Waals surface area contributed by atoms with Gasteiger partial charge in [-0.05, 0) is 30.2 Å². The SMILES string of the molecule is CCCC(NCc1cc(Cl)cc2cccnc12)C(=O)O. The molecule has 1 atom stereocenters.